The first-order valence-electron chi connectivity index (χ1n) is 11.2. The van der Waals surface area contributed by atoms with E-state index in [0.717, 1.165) is 4.88 Å². The number of halogens is 1. The summed E-state index contributed by atoms with van der Waals surface area (Å²) in [6, 6.07) is 8.73. The second-order valence-corrected chi connectivity index (χ2v) is 11.0. The molecule has 2 bridgehead atoms. The zero-order chi connectivity index (χ0) is 24.3. The second-order valence-electron chi connectivity index (χ2n) is 9.95. The van der Waals surface area contributed by atoms with Gasteiger partial charge in [-0.15, -0.1) is 11.3 Å². The van der Waals surface area contributed by atoms with Gasteiger partial charge < -0.3 is 20.3 Å². The van der Waals surface area contributed by atoms with E-state index in [1.807, 2.05) is 38.3 Å². The molecule has 3 aliphatic heterocycles. The first-order valence-corrected chi connectivity index (χ1v) is 12.1. The van der Waals surface area contributed by atoms with Crippen molar-refractivity contribution in [2.75, 3.05) is 5.32 Å². The maximum Gasteiger partial charge on any atom is 0.246 e. The third-order valence-electron chi connectivity index (χ3n) is 6.46. The van der Waals surface area contributed by atoms with Crippen molar-refractivity contribution >= 4 is 34.7 Å². The van der Waals surface area contributed by atoms with E-state index in [2.05, 4.69) is 10.6 Å². The van der Waals surface area contributed by atoms with Crippen molar-refractivity contribution in [3.8, 4) is 0 Å². The highest BCUT2D eigenvalue weighted by molar-refractivity contribution is 7.09. The number of hydrogen-bond acceptors (Lipinski definition) is 5. The number of benzene rings is 1. The minimum atomic E-state index is -1.26. The number of fused-ring (bicyclic) bond motifs is 1. The van der Waals surface area contributed by atoms with Gasteiger partial charge in [0, 0.05) is 10.4 Å². The molecule has 3 amide bonds. The molecule has 1 spiro atoms. The van der Waals surface area contributed by atoms with Crippen LogP contribution in [0.5, 0.6) is 0 Å². The molecule has 5 rings (SSSR count). The number of nitrogens with zero attached hydrogens (tertiary/aromatic N) is 1. The molecule has 0 aliphatic carbocycles. The SMILES string of the molecule is CC(C)(C)NC(=O)[C@@H]1N(Cc2cccs2)C(=O)[C@@H]2[C@@H](C(=O)Nc3ccccc3F)[C@H]3C=C[C@]21O3. The van der Waals surface area contributed by atoms with Crippen LogP contribution in [0.1, 0.15) is 25.6 Å². The number of ether oxygens (including phenoxy) is 1. The average Bonchev–Trinajstić information content (AvgIpc) is 3.51. The highest BCUT2D eigenvalue weighted by Crippen LogP contribution is 2.55. The van der Waals surface area contributed by atoms with Gasteiger partial charge in [0.1, 0.15) is 17.5 Å². The topological polar surface area (TPSA) is 87.7 Å². The van der Waals surface area contributed by atoms with E-state index in [1.165, 1.54) is 34.4 Å². The first-order chi connectivity index (χ1) is 16.1. The number of hydrogen-bond donors (Lipinski definition) is 2. The summed E-state index contributed by atoms with van der Waals surface area (Å²) >= 11 is 1.49. The third kappa shape index (κ3) is 3.63. The van der Waals surface area contributed by atoms with Crippen LogP contribution in [-0.4, -0.2) is 45.9 Å². The van der Waals surface area contributed by atoms with Gasteiger partial charge in [0.15, 0.2) is 0 Å². The molecule has 34 heavy (non-hydrogen) atoms. The average molecular weight is 484 g/mol. The van der Waals surface area contributed by atoms with Crippen molar-refractivity contribution in [1.82, 2.24) is 10.2 Å². The number of amides is 3. The largest absolute Gasteiger partial charge is 0.359 e. The van der Waals surface area contributed by atoms with Crippen LogP contribution in [0.3, 0.4) is 0 Å². The predicted molar refractivity (Wildman–Crippen MR) is 125 cm³/mol. The predicted octanol–water partition coefficient (Wildman–Crippen LogP) is 3.09. The Morgan fingerprint density at radius 2 is 1.94 bits per heavy atom. The molecule has 178 valence electrons. The lowest BCUT2D eigenvalue weighted by Crippen LogP contribution is -2.57. The zero-order valence-electron chi connectivity index (χ0n) is 19.1. The minimum Gasteiger partial charge on any atom is -0.359 e. The van der Waals surface area contributed by atoms with Crippen molar-refractivity contribution in [1.29, 1.82) is 0 Å². The van der Waals surface area contributed by atoms with Crippen LogP contribution in [0, 0.1) is 17.7 Å². The molecule has 7 nitrogen and oxygen atoms in total. The summed E-state index contributed by atoms with van der Waals surface area (Å²) in [4.78, 5) is 43.1. The molecule has 9 heteroatoms. The maximum absolute atomic E-state index is 14.2. The fourth-order valence-electron chi connectivity index (χ4n) is 5.22. The molecule has 1 aromatic carbocycles. The number of nitrogens with one attached hydrogen (secondary N) is 2. The van der Waals surface area contributed by atoms with Gasteiger partial charge in [0.25, 0.3) is 0 Å². The van der Waals surface area contributed by atoms with Crippen LogP contribution in [0.15, 0.2) is 53.9 Å². The smallest absolute Gasteiger partial charge is 0.246 e. The van der Waals surface area contributed by atoms with E-state index in [4.69, 9.17) is 4.74 Å². The van der Waals surface area contributed by atoms with Gasteiger partial charge in [-0.25, -0.2) is 4.39 Å². The third-order valence-corrected chi connectivity index (χ3v) is 7.32. The van der Waals surface area contributed by atoms with Crippen LogP contribution in [0.4, 0.5) is 10.1 Å². The number of carbonyl (C=O) groups is 3. The summed E-state index contributed by atoms with van der Waals surface area (Å²) in [6.07, 6.45) is 2.82. The molecular formula is C25H26FN3O4S. The monoisotopic (exact) mass is 483 g/mol. The molecule has 5 atom stereocenters. The molecule has 2 fully saturated rings. The van der Waals surface area contributed by atoms with E-state index in [0.29, 0.717) is 0 Å². The van der Waals surface area contributed by atoms with Gasteiger partial charge >= 0.3 is 0 Å². The quantitative estimate of drug-likeness (QED) is 0.640. The Morgan fingerprint density at radius 3 is 2.62 bits per heavy atom. The number of likely N-dealkylation sites (tertiary alicyclic amines) is 1. The standard InChI is InChI=1S/C25H26FN3O4S/c1-24(2,3)28-22(31)20-25-11-10-17(33-25)18(21(30)27-16-9-5-4-8-15(16)26)19(25)23(32)29(20)13-14-7-6-12-34-14/h4-12,17-20H,13H2,1-3H3,(H,27,30)(H,28,31)/t17-,18+,19+,20+,25+/m1/s1. The summed E-state index contributed by atoms with van der Waals surface area (Å²) < 4.78 is 20.4. The van der Waals surface area contributed by atoms with E-state index in [-0.39, 0.29) is 24.0 Å². The fourth-order valence-corrected chi connectivity index (χ4v) is 5.93. The second kappa shape index (κ2) is 8.02. The van der Waals surface area contributed by atoms with Crippen LogP contribution in [-0.2, 0) is 25.7 Å². The summed E-state index contributed by atoms with van der Waals surface area (Å²) in [5.74, 6) is -3.49. The minimum absolute atomic E-state index is 0.0382. The van der Waals surface area contributed by atoms with E-state index in [9.17, 15) is 18.8 Å². The molecule has 0 radical (unpaired) electrons. The molecule has 0 unspecified atom stereocenters. The van der Waals surface area contributed by atoms with Gasteiger partial charge in [0.2, 0.25) is 17.7 Å². The van der Waals surface area contributed by atoms with E-state index in [1.54, 1.807) is 18.2 Å². The highest BCUT2D eigenvalue weighted by Gasteiger charge is 2.72. The Labute approximate surface area is 201 Å². The highest BCUT2D eigenvalue weighted by atomic mass is 32.1. The van der Waals surface area contributed by atoms with Crippen molar-refractivity contribution in [2.45, 2.75) is 50.6 Å². The number of thiophene rings is 1. The Balaban J connectivity index is 1.51. The number of rotatable bonds is 5. The van der Waals surface area contributed by atoms with Gasteiger partial charge in [0.05, 0.1) is 30.2 Å². The lowest BCUT2D eigenvalue weighted by atomic mass is 9.74. The molecule has 1 aromatic heterocycles. The van der Waals surface area contributed by atoms with Crippen LogP contribution >= 0.6 is 11.3 Å². The Morgan fingerprint density at radius 1 is 1.18 bits per heavy atom. The van der Waals surface area contributed by atoms with Gasteiger partial charge in [-0.3, -0.25) is 14.4 Å². The fraction of sp³-hybridized carbons (Fsp3) is 0.400. The lowest BCUT2D eigenvalue weighted by molar-refractivity contribution is -0.142. The van der Waals surface area contributed by atoms with Crippen LogP contribution < -0.4 is 10.6 Å². The number of para-hydroxylation sites is 1. The normalized spacial score (nSPS) is 29.4. The van der Waals surface area contributed by atoms with E-state index >= 15 is 0 Å². The van der Waals surface area contributed by atoms with Crippen molar-refractivity contribution < 1.29 is 23.5 Å². The van der Waals surface area contributed by atoms with Crippen molar-refractivity contribution in [2.24, 2.45) is 11.8 Å². The van der Waals surface area contributed by atoms with Crippen molar-refractivity contribution in [3.05, 3.63) is 64.6 Å². The number of anilines is 1. The van der Waals surface area contributed by atoms with Gasteiger partial charge in [-0.2, -0.15) is 0 Å². The van der Waals surface area contributed by atoms with Gasteiger partial charge in [-0.1, -0.05) is 30.4 Å². The molecule has 2 aromatic rings. The lowest BCUT2D eigenvalue weighted by Gasteiger charge is -2.34. The Kier molecular flexibility index (Phi) is 5.37. The summed E-state index contributed by atoms with van der Waals surface area (Å²) in [5.41, 5.74) is -1.74. The molecular weight excluding hydrogens is 457 g/mol. The van der Waals surface area contributed by atoms with E-state index < -0.39 is 46.8 Å². The van der Waals surface area contributed by atoms with Gasteiger partial charge in [-0.05, 0) is 44.4 Å². The Hall–Kier alpha value is -3.04. The van der Waals surface area contributed by atoms with Crippen LogP contribution in [0.2, 0.25) is 0 Å². The number of carbonyl (C=O) groups excluding carboxylic acids is 3. The van der Waals surface area contributed by atoms with Crippen LogP contribution in [0.25, 0.3) is 0 Å². The molecule has 4 heterocycles. The summed E-state index contributed by atoms with van der Waals surface area (Å²) in [6.45, 7) is 5.84. The molecule has 2 N–H and O–H groups in total. The molecule has 3 aliphatic rings. The zero-order valence-corrected chi connectivity index (χ0v) is 19.9. The maximum atomic E-state index is 14.2. The Bertz CT molecular complexity index is 1180. The molecule has 0 saturated carbocycles. The first kappa shape index (κ1) is 22.7. The summed E-state index contributed by atoms with van der Waals surface area (Å²) in [5, 5.41) is 7.50. The molecule has 2 saturated heterocycles. The van der Waals surface area contributed by atoms with Crippen molar-refractivity contribution in [3.63, 3.8) is 0 Å². The summed E-state index contributed by atoms with van der Waals surface area (Å²) in [7, 11) is 0.